The molecule has 172 valence electrons. The van der Waals surface area contributed by atoms with Crippen LogP contribution in [0.5, 0.6) is 0 Å². The topological polar surface area (TPSA) is 77.6 Å². The number of anilines is 1. The molecule has 0 unspecified atom stereocenters. The number of benzene rings is 1. The zero-order valence-corrected chi connectivity index (χ0v) is 19.8. The van der Waals surface area contributed by atoms with E-state index in [0.29, 0.717) is 17.6 Å². The molecule has 1 aromatic carbocycles. The fourth-order valence-electron chi connectivity index (χ4n) is 4.46. The Hall–Kier alpha value is -2.45. The molecule has 3 heterocycles. The van der Waals surface area contributed by atoms with Gasteiger partial charge < -0.3 is 10.2 Å². The number of piperidine rings is 1. The number of nitrogens with zero attached hydrogens (tertiary/aromatic N) is 3. The van der Waals surface area contributed by atoms with E-state index in [1.807, 2.05) is 18.7 Å². The van der Waals surface area contributed by atoms with Crippen LogP contribution in [0.1, 0.15) is 42.8 Å². The predicted molar refractivity (Wildman–Crippen MR) is 128 cm³/mol. The van der Waals surface area contributed by atoms with Crippen molar-refractivity contribution in [3.63, 3.8) is 0 Å². The standard InChI is InChI=1S/C24H33N5O2S/c1-17(2)25-23(31)27-24-26-20-10-11-28(15-21(20)32-24)16-22(30)29-12-8-19(9-13-29)14-18-6-4-3-5-7-18/h3-7,17,19H,8-16H2,1-2H3,(H2,25,26,27,31). The van der Waals surface area contributed by atoms with E-state index in [0.717, 1.165) is 62.4 Å². The van der Waals surface area contributed by atoms with Crippen molar-refractivity contribution in [3.05, 3.63) is 46.5 Å². The summed E-state index contributed by atoms with van der Waals surface area (Å²) in [5, 5.41) is 6.26. The quantitative estimate of drug-likeness (QED) is 0.699. The Morgan fingerprint density at radius 3 is 2.62 bits per heavy atom. The van der Waals surface area contributed by atoms with Gasteiger partial charge in [0.05, 0.1) is 12.2 Å². The van der Waals surface area contributed by atoms with Gasteiger partial charge in [0.25, 0.3) is 0 Å². The molecule has 0 radical (unpaired) electrons. The molecule has 1 saturated heterocycles. The first kappa shape index (κ1) is 22.7. The van der Waals surface area contributed by atoms with Gasteiger partial charge in [0.1, 0.15) is 0 Å². The minimum absolute atomic E-state index is 0.0782. The SMILES string of the molecule is CC(C)NC(=O)Nc1nc2c(s1)CN(CC(=O)N1CCC(Cc3ccccc3)CC1)CC2. The van der Waals surface area contributed by atoms with E-state index in [1.165, 1.54) is 16.9 Å². The van der Waals surface area contributed by atoms with E-state index in [9.17, 15) is 9.59 Å². The van der Waals surface area contributed by atoms with Crippen LogP contribution in [0.2, 0.25) is 0 Å². The van der Waals surface area contributed by atoms with Gasteiger partial charge >= 0.3 is 6.03 Å². The van der Waals surface area contributed by atoms with E-state index < -0.39 is 0 Å². The lowest BCUT2D eigenvalue weighted by molar-refractivity contribution is -0.134. The highest BCUT2D eigenvalue weighted by Crippen LogP contribution is 2.28. The molecule has 7 nitrogen and oxygen atoms in total. The third kappa shape index (κ3) is 6.07. The van der Waals surface area contributed by atoms with Crippen molar-refractivity contribution >= 4 is 28.4 Å². The monoisotopic (exact) mass is 455 g/mol. The predicted octanol–water partition coefficient (Wildman–Crippen LogP) is 3.51. The van der Waals surface area contributed by atoms with Crippen LogP contribution in [0.15, 0.2) is 30.3 Å². The smallest absolute Gasteiger partial charge is 0.321 e. The van der Waals surface area contributed by atoms with Gasteiger partial charge in [-0.15, -0.1) is 11.3 Å². The summed E-state index contributed by atoms with van der Waals surface area (Å²) in [4.78, 5) is 34.8. The molecular weight excluding hydrogens is 422 g/mol. The number of nitrogens with one attached hydrogen (secondary N) is 2. The maximum atomic E-state index is 12.9. The summed E-state index contributed by atoms with van der Waals surface area (Å²) in [6.45, 7) is 7.56. The van der Waals surface area contributed by atoms with Crippen molar-refractivity contribution in [2.45, 2.75) is 52.1 Å². The van der Waals surface area contributed by atoms with Gasteiger partial charge in [-0.1, -0.05) is 30.3 Å². The first-order chi connectivity index (χ1) is 15.5. The molecular formula is C24H33N5O2S. The lowest BCUT2D eigenvalue weighted by atomic mass is 9.90. The van der Waals surface area contributed by atoms with Crippen molar-refractivity contribution in [3.8, 4) is 0 Å². The summed E-state index contributed by atoms with van der Waals surface area (Å²) >= 11 is 1.51. The maximum absolute atomic E-state index is 12.9. The van der Waals surface area contributed by atoms with E-state index in [-0.39, 0.29) is 18.0 Å². The van der Waals surface area contributed by atoms with Gasteiger partial charge in [0, 0.05) is 43.5 Å². The number of fused-ring (bicyclic) bond motifs is 1. The second-order valence-electron chi connectivity index (χ2n) is 9.12. The summed E-state index contributed by atoms with van der Waals surface area (Å²) < 4.78 is 0. The molecule has 0 aliphatic carbocycles. The van der Waals surface area contributed by atoms with Crippen molar-refractivity contribution in [2.24, 2.45) is 5.92 Å². The Morgan fingerprint density at radius 2 is 1.91 bits per heavy atom. The molecule has 2 aliphatic rings. The van der Waals surface area contributed by atoms with Gasteiger partial charge in [-0.2, -0.15) is 0 Å². The number of hydrogen-bond acceptors (Lipinski definition) is 5. The Balaban J connectivity index is 1.23. The molecule has 2 aliphatic heterocycles. The van der Waals surface area contributed by atoms with E-state index >= 15 is 0 Å². The van der Waals surface area contributed by atoms with Gasteiger partial charge in [-0.3, -0.25) is 15.0 Å². The average Bonchev–Trinajstić information content (AvgIpc) is 3.15. The van der Waals surface area contributed by atoms with Crippen LogP contribution in [0.25, 0.3) is 0 Å². The zero-order valence-electron chi connectivity index (χ0n) is 19.0. The third-order valence-corrected chi connectivity index (χ3v) is 7.14. The van der Waals surface area contributed by atoms with Crippen molar-refractivity contribution in [1.29, 1.82) is 0 Å². The summed E-state index contributed by atoms with van der Waals surface area (Å²) in [6, 6.07) is 10.5. The molecule has 2 aromatic rings. The van der Waals surface area contributed by atoms with Gasteiger partial charge in [-0.25, -0.2) is 9.78 Å². The van der Waals surface area contributed by atoms with Crippen LogP contribution in [0, 0.1) is 5.92 Å². The molecule has 0 bridgehead atoms. The second-order valence-corrected chi connectivity index (χ2v) is 10.2. The largest absolute Gasteiger partial charge is 0.342 e. The van der Waals surface area contributed by atoms with E-state index in [2.05, 4.69) is 50.8 Å². The number of urea groups is 1. The Labute approximate surface area is 194 Å². The summed E-state index contributed by atoms with van der Waals surface area (Å²) in [5.41, 5.74) is 2.43. The highest BCUT2D eigenvalue weighted by atomic mass is 32.1. The number of aromatic nitrogens is 1. The molecule has 4 rings (SSSR count). The summed E-state index contributed by atoms with van der Waals surface area (Å²) in [7, 11) is 0. The Bertz CT molecular complexity index is 922. The highest BCUT2D eigenvalue weighted by molar-refractivity contribution is 7.15. The van der Waals surface area contributed by atoms with Crippen LogP contribution in [0.4, 0.5) is 9.93 Å². The minimum Gasteiger partial charge on any atom is -0.342 e. The Morgan fingerprint density at radius 1 is 1.16 bits per heavy atom. The van der Waals surface area contributed by atoms with Crippen molar-refractivity contribution in [2.75, 3.05) is 31.5 Å². The number of rotatable bonds is 6. The lowest BCUT2D eigenvalue weighted by Gasteiger charge is -2.34. The van der Waals surface area contributed by atoms with Gasteiger partial charge in [0.2, 0.25) is 5.91 Å². The van der Waals surface area contributed by atoms with Crippen molar-refractivity contribution in [1.82, 2.24) is 20.1 Å². The molecule has 0 spiro atoms. The normalized spacial score (nSPS) is 17.3. The lowest BCUT2D eigenvalue weighted by Crippen LogP contribution is -2.45. The third-order valence-electron chi connectivity index (χ3n) is 6.14. The van der Waals surface area contributed by atoms with Crippen LogP contribution < -0.4 is 10.6 Å². The number of thiazole rings is 1. The molecule has 0 atom stereocenters. The molecule has 2 N–H and O–H groups in total. The number of amides is 3. The van der Waals surface area contributed by atoms with Gasteiger partial charge in [-0.05, 0) is 44.6 Å². The van der Waals surface area contributed by atoms with Crippen LogP contribution in [-0.2, 0) is 24.2 Å². The van der Waals surface area contributed by atoms with Crippen LogP contribution >= 0.6 is 11.3 Å². The highest BCUT2D eigenvalue weighted by Gasteiger charge is 2.27. The van der Waals surface area contributed by atoms with Crippen molar-refractivity contribution < 1.29 is 9.59 Å². The summed E-state index contributed by atoms with van der Waals surface area (Å²) in [5.74, 6) is 0.890. The molecule has 1 fully saturated rings. The van der Waals surface area contributed by atoms with Crippen LogP contribution in [-0.4, -0.2) is 58.9 Å². The zero-order chi connectivity index (χ0) is 22.5. The first-order valence-electron chi connectivity index (χ1n) is 11.6. The molecule has 3 amide bonds. The number of carbonyl (C=O) groups excluding carboxylic acids is 2. The number of likely N-dealkylation sites (tertiary alicyclic amines) is 1. The second kappa shape index (κ2) is 10.4. The molecule has 8 heteroatoms. The number of hydrogen-bond donors (Lipinski definition) is 2. The van der Waals surface area contributed by atoms with Crippen LogP contribution in [0.3, 0.4) is 0 Å². The van der Waals surface area contributed by atoms with E-state index in [4.69, 9.17) is 0 Å². The maximum Gasteiger partial charge on any atom is 0.321 e. The Kier molecular flexibility index (Phi) is 7.42. The summed E-state index contributed by atoms with van der Waals surface area (Å²) in [6.07, 6.45) is 4.07. The van der Waals surface area contributed by atoms with E-state index in [1.54, 1.807) is 0 Å². The molecule has 32 heavy (non-hydrogen) atoms. The molecule has 0 saturated carbocycles. The number of carbonyl (C=O) groups is 2. The minimum atomic E-state index is -0.228. The fourth-order valence-corrected chi connectivity index (χ4v) is 5.50. The molecule has 1 aromatic heterocycles. The average molecular weight is 456 g/mol. The fraction of sp³-hybridized carbons (Fsp3) is 0.542. The first-order valence-corrected chi connectivity index (χ1v) is 12.4. The van der Waals surface area contributed by atoms with Gasteiger partial charge in [0.15, 0.2) is 5.13 Å².